The highest BCUT2D eigenvalue weighted by molar-refractivity contribution is 8.00. The lowest BCUT2D eigenvalue weighted by Gasteiger charge is -2.22. The molecule has 1 heterocycles. The molecule has 4 heteroatoms. The van der Waals surface area contributed by atoms with E-state index < -0.39 is 0 Å². The van der Waals surface area contributed by atoms with Crippen molar-refractivity contribution in [3.63, 3.8) is 0 Å². The van der Waals surface area contributed by atoms with E-state index in [1.54, 1.807) is 0 Å². The quantitative estimate of drug-likeness (QED) is 0.562. The van der Waals surface area contributed by atoms with Crippen LogP contribution in [0.25, 0.3) is 11.0 Å². The van der Waals surface area contributed by atoms with Crippen molar-refractivity contribution in [2.75, 3.05) is 0 Å². The molecule has 0 N–H and O–H groups in total. The summed E-state index contributed by atoms with van der Waals surface area (Å²) in [6.07, 6.45) is 0. The second-order valence-corrected chi connectivity index (χ2v) is 13.5. The van der Waals surface area contributed by atoms with Gasteiger partial charge in [-0.15, -0.1) is 23.5 Å². The minimum absolute atomic E-state index is 0.122. The van der Waals surface area contributed by atoms with Gasteiger partial charge in [0.2, 0.25) is 0 Å². The number of hydrogen-bond acceptors (Lipinski definition) is 4. The van der Waals surface area contributed by atoms with E-state index in [4.69, 9.17) is 9.97 Å². The largest absolute Gasteiger partial charge is 0.248 e. The summed E-state index contributed by atoms with van der Waals surface area (Å²) in [6, 6.07) is 6.55. The van der Waals surface area contributed by atoms with Gasteiger partial charge in [0.15, 0.2) is 0 Å². The molecule has 0 atom stereocenters. The van der Waals surface area contributed by atoms with Gasteiger partial charge in [-0.3, -0.25) is 0 Å². The van der Waals surface area contributed by atoms with Crippen LogP contribution in [0.2, 0.25) is 0 Å². The molecule has 0 bridgehead atoms. The Kier molecular flexibility index (Phi) is 6.39. The van der Waals surface area contributed by atoms with Crippen molar-refractivity contribution in [1.82, 2.24) is 9.97 Å². The molecule has 0 amide bonds. The zero-order chi connectivity index (χ0) is 19.8. The number of hydrogen-bond donors (Lipinski definition) is 0. The zero-order valence-electron chi connectivity index (χ0n) is 17.9. The first-order valence-corrected chi connectivity index (χ1v) is 11.3. The summed E-state index contributed by atoms with van der Waals surface area (Å²) in [5, 5.41) is 0. The molecule has 0 saturated heterocycles. The summed E-state index contributed by atoms with van der Waals surface area (Å²) < 4.78 is 0.444. The highest BCUT2D eigenvalue weighted by Gasteiger charge is 2.19. The number of fused-ring (bicyclic) bond motifs is 1. The Morgan fingerprint density at radius 2 is 1.15 bits per heavy atom. The van der Waals surface area contributed by atoms with Crippen molar-refractivity contribution in [3.05, 3.63) is 35.2 Å². The summed E-state index contributed by atoms with van der Waals surface area (Å²) >= 11 is 3.88. The van der Waals surface area contributed by atoms with Crippen LogP contribution in [-0.2, 0) is 16.9 Å². The van der Waals surface area contributed by atoms with E-state index in [-0.39, 0.29) is 14.9 Å². The summed E-state index contributed by atoms with van der Waals surface area (Å²) in [7, 11) is 0. The van der Waals surface area contributed by atoms with Gasteiger partial charge in [0.25, 0.3) is 0 Å². The topological polar surface area (TPSA) is 25.8 Å². The Morgan fingerprint density at radius 3 is 1.58 bits per heavy atom. The molecule has 0 aliphatic carbocycles. The molecule has 144 valence electrons. The van der Waals surface area contributed by atoms with E-state index in [0.29, 0.717) is 0 Å². The third-order valence-electron chi connectivity index (χ3n) is 3.97. The number of aromatic nitrogens is 2. The third-order valence-corrected chi connectivity index (χ3v) is 6.54. The molecule has 0 spiro atoms. The fraction of sp³-hybridized carbons (Fsp3) is 0.636. The van der Waals surface area contributed by atoms with Crippen LogP contribution in [0.1, 0.15) is 79.3 Å². The maximum Gasteiger partial charge on any atom is 0.0893 e. The first-order chi connectivity index (χ1) is 11.7. The Bertz CT molecular complexity index is 763. The van der Waals surface area contributed by atoms with Gasteiger partial charge in [0.1, 0.15) is 0 Å². The lowest BCUT2D eigenvalue weighted by molar-refractivity contribution is 0.591. The molecule has 0 aliphatic rings. The molecule has 0 radical (unpaired) electrons. The van der Waals surface area contributed by atoms with Crippen LogP contribution in [-0.4, -0.2) is 19.5 Å². The Hall–Kier alpha value is -0.740. The Morgan fingerprint density at radius 1 is 0.692 bits per heavy atom. The van der Waals surface area contributed by atoms with Gasteiger partial charge in [0, 0.05) is 21.0 Å². The summed E-state index contributed by atoms with van der Waals surface area (Å²) in [6.45, 7) is 20.3. The number of nitrogens with zero attached hydrogens (tertiary/aromatic N) is 2. The van der Waals surface area contributed by atoms with Gasteiger partial charge >= 0.3 is 0 Å². The van der Waals surface area contributed by atoms with Crippen molar-refractivity contribution in [1.29, 1.82) is 0 Å². The van der Waals surface area contributed by atoms with Crippen molar-refractivity contribution >= 4 is 34.6 Å². The molecule has 26 heavy (non-hydrogen) atoms. The fourth-order valence-electron chi connectivity index (χ4n) is 2.39. The monoisotopic (exact) mass is 390 g/mol. The second kappa shape index (κ2) is 7.71. The maximum absolute atomic E-state index is 5.06. The molecule has 0 saturated carbocycles. The van der Waals surface area contributed by atoms with Gasteiger partial charge in [-0.25, -0.2) is 9.97 Å². The van der Waals surface area contributed by atoms with Crippen LogP contribution in [0.4, 0.5) is 0 Å². The van der Waals surface area contributed by atoms with Crippen molar-refractivity contribution in [2.45, 2.75) is 88.7 Å². The first kappa shape index (κ1) is 21.6. The predicted molar refractivity (Wildman–Crippen MR) is 120 cm³/mol. The average Bonchev–Trinajstić information content (AvgIpc) is 2.47. The summed E-state index contributed by atoms with van der Waals surface area (Å²) in [4.78, 5) is 10.1. The highest BCUT2D eigenvalue weighted by Crippen LogP contribution is 2.33. The van der Waals surface area contributed by atoms with Crippen molar-refractivity contribution < 1.29 is 0 Å². The first-order valence-electron chi connectivity index (χ1n) is 9.33. The Labute approximate surface area is 168 Å². The average molecular weight is 391 g/mol. The highest BCUT2D eigenvalue weighted by atomic mass is 32.2. The van der Waals surface area contributed by atoms with Crippen LogP contribution < -0.4 is 0 Å². The summed E-state index contributed by atoms with van der Waals surface area (Å²) in [5.74, 6) is 1.82. The van der Waals surface area contributed by atoms with Crippen LogP contribution in [0.5, 0.6) is 0 Å². The van der Waals surface area contributed by atoms with Crippen molar-refractivity contribution in [3.8, 4) is 0 Å². The number of thioether (sulfide) groups is 2. The molecular weight excluding hydrogens is 356 g/mol. The SMILES string of the molecule is CC(C)(C)SCc1nc2ccc(C(C)(C)C)cc2nc1CSC(C)(C)C. The smallest absolute Gasteiger partial charge is 0.0893 e. The van der Waals surface area contributed by atoms with E-state index in [1.165, 1.54) is 5.56 Å². The molecular formula is C22H34N2S2. The predicted octanol–water partition coefficient (Wildman–Crippen LogP) is 6.99. The molecule has 0 aliphatic heterocycles. The summed E-state index contributed by atoms with van der Waals surface area (Å²) in [5.41, 5.74) is 5.73. The third kappa shape index (κ3) is 6.45. The van der Waals surface area contributed by atoms with E-state index in [2.05, 4.69) is 80.5 Å². The molecule has 2 rings (SSSR count). The van der Waals surface area contributed by atoms with Crippen LogP contribution in [0.15, 0.2) is 18.2 Å². The van der Waals surface area contributed by atoms with E-state index in [9.17, 15) is 0 Å². The molecule has 2 nitrogen and oxygen atoms in total. The lowest BCUT2D eigenvalue weighted by Crippen LogP contribution is -2.13. The molecule has 1 aromatic heterocycles. The van der Waals surface area contributed by atoms with Crippen LogP contribution >= 0.6 is 23.5 Å². The zero-order valence-corrected chi connectivity index (χ0v) is 19.5. The minimum Gasteiger partial charge on any atom is -0.248 e. The van der Waals surface area contributed by atoms with Gasteiger partial charge in [0.05, 0.1) is 22.4 Å². The normalized spacial score (nSPS) is 13.4. The van der Waals surface area contributed by atoms with E-state index >= 15 is 0 Å². The van der Waals surface area contributed by atoms with Crippen molar-refractivity contribution in [2.24, 2.45) is 0 Å². The fourth-order valence-corrected chi connectivity index (χ4v) is 4.00. The Balaban J connectivity index is 2.45. The van der Waals surface area contributed by atoms with Gasteiger partial charge in [-0.05, 0) is 23.1 Å². The minimum atomic E-state index is 0.122. The van der Waals surface area contributed by atoms with Crippen LogP contribution in [0.3, 0.4) is 0 Å². The molecule has 0 fully saturated rings. The van der Waals surface area contributed by atoms with Gasteiger partial charge in [-0.2, -0.15) is 0 Å². The maximum atomic E-state index is 5.06. The number of rotatable bonds is 4. The van der Waals surface area contributed by atoms with Gasteiger partial charge in [-0.1, -0.05) is 68.4 Å². The molecule has 2 aromatic rings. The molecule has 1 aromatic carbocycles. The van der Waals surface area contributed by atoms with Gasteiger partial charge < -0.3 is 0 Å². The molecule has 0 unspecified atom stereocenters. The van der Waals surface area contributed by atoms with E-state index in [1.807, 2.05) is 23.5 Å². The standard InChI is InChI=1S/C22H34N2S2/c1-20(2,3)15-10-11-16-17(12-15)24-19(14-26-22(7,8)9)18(23-16)13-25-21(4,5)6/h10-12H,13-14H2,1-9H3. The number of benzene rings is 1. The van der Waals surface area contributed by atoms with E-state index in [0.717, 1.165) is 33.9 Å². The van der Waals surface area contributed by atoms with Crippen LogP contribution in [0, 0.1) is 0 Å². The second-order valence-electron chi connectivity index (χ2n) is 9.87. The lowest BCUT2D eigenvalue weighted by atomic mass is 9.87.